The van der Waals surface area contributed by atoms with E-state index in [1.807, 2.05) is 0 Å². The molecule has 1 fully saturated rings. The second kappa shape index (κ2) is 5.30. The largest absolute Gasteiger partial charge is 0.380 e. The van der Waals surface area contributed by atoms with Crippen molar-refractivity contribution in [2.45, 2.75) is 12.8 Å². The number of nitrogens with zero attached hydrogens (tertiary/aromatic N) is 1. The van der Waals surface area contributed by atoms with Gasteiger partial charge in [-0.05, 0) is 18.8 Å². The van der Waals surface area contributed by atoms with Crippen LogP contribution in [0.5, 0.6) is 0 Å². The molecule has 0 unspecified atom stereocenters. The van der Waals surface area contributed by atoms with Gasteiger partial charge in [0.15, 0.2) is 0 Å². The Morgan fingerprint density at radius 1 is 1.50 bits per heavy atom. The number of hydrogen-bond acceptors (Lipinski definition) is 3. The fourth-order valence-electron chi connectivity index (χ4n) is 0.950. The van der Waals surface area contributed by atoms with Gasteiger partial charge in [0.25, 0.3) is 0 Å². The van der Waals surface area contributed by atoms with Gasteiger partial charge in [-0.2, -0.15) is 0 Å². The van der Waals surface area contributed by atoms with Crippen molar-refractivity contribution in [3.8, 4) is 0 Å². The van der Waals surface area contributed by atoms with Crippen molar-refractivity contribution < 1.29 is 13.2 Å². The zero-order chi connectivity index (χ0) is 10.6. The molecule has 0 aromatic heterocycles. The second-order valence-electron chi connectivity index (χ2n) is 3.56. The topological polar surface area (TPSA) is 46.6 Å². The Bertz CT molecular complexity index is 264. The Morgan fingerprint density at radius 3 is 2.64 bits per heavy atom. The average molecular weight is 242 g/mol. The van der Waals surface area contributed by atoms with E-state index in [1.165, 1.54) is 24.2 Å². The Morgan fingerprint density at radius 2 is 2.14 bits per heavy atom. The van der Waals surface area contributed by atoms with Crippen molar-refractivity contribution in [2.75, 3.05) is 32.0 Å². The van der Waals surface area contributed by atoms with E-state index in [2.05, 4.69) is 0 Å². The molecule has 0 amide bonds. The molecule has 0 saturated heterocycles. The summed E-state index contributed by atoms with van der Waals surface area (Å²) in [7, 11) is -1.75. The first kappa shape index (κ1) is 12.2. The van der Waals surface area contributed by atoms with Crippen LogP contribution in [-0.2, 0) is 14.8 Å². The summed E-state index contributed by atoms with van der Waals surface area (Å²) in [6.45, 7) is 1.58. The molecule has 0 bridgehead atoms. The van der Waals surface area contributed by atoms with Gasteiger partial charge in [-0.25, -0.2) is 12.7 Å². The molecule has 14 heavy (non-hydrogen) atoms. The molecule has 0 N–H and O–H groups in total. The molecule has 0 aliphatic heterocycles. The van der Waals surface area contributed by atoms with E-state index in [-0.39, 0.29) is 5.21 Å². The molecule has 0 heterocycles. The van der Waals surface area contributed by atoms with E-state index in [9.17, 15) is 8.42 Å². The molecular weight excluding hydrogens is 226 g/mol. The maximum Gasteiger partial charge on any atom is 0.227 e. The van der Waals surface area contributed by atoms with Gasteiger partial charge in [-0.1, -0.05) is 0 Å². The summed E-state index contributed by atoms with van der Waals surface area (Å²) in [6, 6.07) is 0. The van der Waals surface area contributed by atoms with Gasteiger partial charge in [0, 0.05) is 20.2 Å². The van der Waals surface area contributed by atoms with Gasteiger partial charge in [-0.15, -0.1) is 11.6 Å². The smallest absolute Gasteiger partial charge is 0.227 e. The van der Waals surface area contributed by atoms with E-state index in [4.69, 9.17) is 16.3 Å². The molecule has 0 atom stereocenters. The standard InChI is InChI=1S/C8H16ClNO3S/c1-10(14(11,12)7-9)4-5-13-6-8-2-3-8/h8H,2-7H2,1H3. The minimum atomic E-state index is -3.26. The zero-order valence-electron chi connectivity index (χ0n) is 8.28. The summed E-state index contributed by atoms with van der Waals surface area (Å²) < 4.78 is 28.9. The highest BCUT2D eigenvalue weighted by Gasteiger charge is 2.21. The molecule has 84 valence electrons. The van der Waals surface area contributed by atoms with Crippen LogP contribution in [0.2, 0.25) is 0 Å². The zero-order valence-corrected chi connectivity index (χ0v) is 9.85. The fraction of sp³-hybridized carbons (Fsp3) is 1.00. The summed E-state index contributed by atoms with van der Waals surface area (Å²) in [5, 5.41) is -0.369. The van der Waals surface area contributed by atoms with Gasteiger partial charge in [0.1, 0.15) is 5.21 Å². The number of hydrogen-bond donors (Lipinski definition) is 0. The van der Waals surface area contributed by atoms with E-state index < -0.39 is 10.0 Å². The van der Waals surface area contributed by atoms with Crippen LogP contribution >= 0.6 is 11.6 Å². The lowest BCUT2D eigenvalue weighted by molar-refractivity contribution is 0.117. The first-order chi connectivity index (χ1) is 6.56. The van der Waals surface area contributed by atoms with E-state index in [0.717, 1.165) is 6.61 Å². The van der Waals surface area contributed by atoms with Crippen LogP contribution in [0.15, 0.2) is 0 Å². The number of likely N-dealkylation sites (N-methyl/N-ethyl adjacent to an activating group) is 1. The monoisotopic (exact) mass is 241 g/mol. The average Bonchev–Trinajstić information content (AvgIpc) is 2.95. The fourth-order valence-corrected chi connectivity index (χ4v) is 1.97. The van der Waals surface area contributed by atoms with Crippen LogP contribution in [0, 0.1) is 5.92 Å². The molecule has 1 rings (SSSR count). The van der Waals surface area contributed by atoms with Crippen LogP contribution in [0.25, 0.3) is 0 Å². The van der Waals surface area contributed by atoms with Crippen molar-refractivity contribution in [3.63, 3.8) is 0 Å². The number of ether oxygens (including phenoxy) is 1. The van der Waals surface area contributed by atoms with Crippen LogP contribution in [-0.4, -0.2) is 44.7 Å². The third-order valence-corrected chi connectivity index (χ3v) is 4.45. The van der Waals surface area contributed by atoms with Crippen molar-refractivity contribution in [2.24, 2.45) is 5.92 Å². The highest BCUT2D eigenvalue weighted by Crippen LogP contribution is 2.28. The lowest BCUT2D eigenvalue weighted by atomic mass is 10.5. The molecule has 0 aromatic rings. The number of sulfonamides is 1. The second-order valence-corrected chi connectivity index (χ2v) is 6.22. The molecule has 0 spiro atoms. The molecular formula is C8H16ClNO3S. The Labute approximate surface area is 90.2 Å². The normalized spacial score (nSPS) is 17.6. The van der Waals surface area contributed by atoms with E-state index in [0.29, 0.717) is 19.1 Å². The molecule has 1 saturated carbocycles. The molecule has 1 aliphatic rings. The summed E-state index contributed by atoms with van der Waals surface area (Å²) >= 11 is 5.29. The molecule has 0 aromatic carbocycles. The Hall–Kier alpha value is 0.160. The Kier molecular flexibility index (Phi) is 4.63. The molecule has 4 nitrogen and oxygen atoms in total. The van der Waals surface area contributed by atoms with Crippen molar-refractivity contribution in [1.82, 2.24) is 4.31 Å². The van der Waals surface area contributed by atoms with Crippen LogP contribution in [0.4, 0.5) is 0 Å². The number of alkyl halides is 1. The predicted molar refractivity (Wildman–Crippen MR) is 55.8 cm³/mol. The molecule has 1 aliphatic carbocycles. The van der Waals surface area contributed by atoms with Crippen molar-refractivity contribution in [3.05, 3.63) is 0 Å². The number of rotatable bonds is 7. The van der Waals surface area contributed by atoms with E-state index in [1.54, 1.807) is 0 Å². The highest BCUT2D eigenvalue weighted by molar-refractivity contribution is 7.90. The summed E-state index contributed by atoms with van der Waals surface area (Å²) in [5.74, 6) is 0.713. The maximum absolute atomic E-state index is 11.2. The Balaban J connectivity index is 2.10. The van der Waals surface area contributed by atoms with Crippen molar-refractivity contribution in [1.29, 1.82) is 0 Å². The lowest BCUT2D eigenvalue weighted by Gasteiger charge is -2.14. The molecule has 0 radical (unpaired) electrons. The van der Waals surface area contributed by atoms with Crippen molar-refractivity contribution >= 4 is 21.6 Å². The van der Waals surface area contributed by atoms with Gasteiger partial charge in [-0.3, -0.25) is 0 Å². The lowest BCUT2D eigenvalue weighted by Crippen LogP contribution is -2.31. The van der Waals surface area contributed by atoms with Crippen LogP contribution < -0.4 is 0 Å². The van der Waals surface area contributed by atoms with Gasteiger partial charge < -0.3 is 4.74 Å². The van der Waals surface area contributed by atoms with Gasteiger partial charge in [0.05, 0.1) is 6.61 Å². The minimum absolute atomic E-state index is 0.369. The summed E-state index contributed by atoms with van der Waals surface area (Å²) in [4.78, 5) is 0. The van der Waals surface area contributed by atoms with Crippen LogP contribution in [0.3, 0.4) is 0 Å². The van der Waals surface area contributed by atoms with Gasteiger partial charge >= 0.3 is 0 Å². The minimum Gasteiger partial charge on any atom is -0.380 e. The predicted octanol–water partition coefficient (Wildman–Crippen LogP) is 0.871. The highest BCUT2D eigenvalue weighted by atomic mass is 35.5. The summed E-state index contributed by atoms with van der Waals surface area (Å²) in [6.07, 6.45) is 2.49. The van der Waals surface area contributed by atoms with Gasteiger partial charge in [0.2, 0.25) is 10.0 Å². The maximum atomic E-state index is 11.2. The van der Waals surface area contributed by atoms with E-state index >= 15 is 0 Å². The summed E-state index contributed by atoms with van der Waals surface area (Å²) in [5.41, 5.74) is 0. The van der Waals surface area contributed by atoms with Crippen LogP contribution in [0.1, 0.15) is 12.8 Å². The first-order valence-electron chi connectivity index (χ1n) is 4.64. The quantitative estimate of drug-likeness (QED) is 0.491. The third kappa shape index (κ3) is 4.13. The third-order valence-electron chi connectivity index (χ3n) is 2.21. The first-order valence-corrected chi connectivity index (χ1v) is 6.78. The molecule has 6 heteroatoms. The number of halogens is 1. The SMILES string of the molecule is CN(CCOCC1CC1)S(=O)(=O)CCl.